The Kier molecular flexibility index (Phi) is 29.5. The first-order valence-corrected chi connectivity index (χ1v) is 19.0. The molecular formula is C35H62NO10P. The molecular weight excluding hydrogens is 625 g/mol. The fraction of sp³-hybridized carbons (Fsp3) is 0.743. The van der Waals surface area contributed by atoms with Gasteiger partial charge in [0.25, 0.3) is 0 Å². The molecule has 11 nitrogen and oxygen atoms in total. The number of amides is 1. The van der Waals surface area contributed by atoms with Crippen LogP contribution in [0.3, 0.4) is 0 Å². The molecule has 47 heavy (non-hydrogen) atoms. The monoisotopic (exact) mass is 687 g/mol. The summed E-state index contributed by atoms with van der Waals surface area (Å²) in [6.07, 6.45) is 29.6. The molecule has 0 rings (SSSR count). The third kappa shape index (κ3) is 30.8. The molecule has 1 amide bonds. The first kappa shape index (κ1) is 44.7. The van der Waals surface area contributed by atoms with Gasteiger partial charge in [-0.25, -0.2) is 9.36 Å². The number of carboxylic acids is 1. The van der Waals surface area contributed by atoms with E-state index in [0.29, 0.717) is 12.8 Å². The normalized spacial score (nSPS) is 14.5. The van der Waals surface area contributed by atoms with Crippen LogP contribution >= 0.6 is 7.82 Å². The number of esters is 1. The van der Waals surface area contributed by atoms with Crippen molar-refractivity contribution in [3.8, 4) is 0 Å². The molecule has 0 aliphatic carbocycles. The first-order valence-electron chi connectivity index (χ1n) is 17.5. The van der Waals surface area contributed by atoms with Crippen molar-refractivity contribution in [2.75, 3.05) is 19.8 Å². The number of carboxylic acid groups (broad SMARTS) is 1. The number of carbonyl (C=O) groups is 3. The zero-order chi connectivity index (χ0) is 35.0. The molecule has 272 valence electrons. The predicted octanol–water partition coefficient (Wildman–Crippen LogP) is 7.71. The van der Waals surface area contributed by atoms with Crippen molar-refractivity contribution >= 4 is 25.7 Å². The van der Waals surface area contributed by atoms with Crippen LogP contribution in [0.1, 0.15) is 136 Å². The Bertz CT molecular complexity index is 953. The molecule has 0 radical (unpaired) electrons. The number of aliphatic carboxylic acids is 1. The Morgan fingerprint density at radius 2 is 1.17 bits per heavy atom. The largest absolute Gasteiger partial charge is 0.480 e. The molecule has 0 aromatic heterocycles. The average Bonchev–Trinajstić information content (AvgIpc) is 3.04. The number of phosphoric ester groups is 1. The molecule has 0 bridgehead atoms. The van der Waals surface area contributed by atoms with Crippen LogP contribution in [0.2, 0.25) is 0 Å². The second kappa shape index (κ2) is 31.0. The number of phosphoric acid groups is 1. The van der Waals surface area contributed by atoms with E-state index in [9.17, 15) is 34.1 Å². The topological polar surface area (TPSA) is 169 Å². The number of unbranched alkanes of at least 4 members (excludes halogenated alkanes) is 12. The number of hydrogen-bond donors (Lipinski definition) is 4. The number of aliphatic hydroxyl groups excluding tert-OH is 1. The number of rotatable bonds is 32. The van der Waals surface area contributed by atoms with Crippen molar-refractivity contribution < 1.29 is 47.8 Å². The Hall–Kier alpha value is -2.30. The third-order valence-electron chi connectivity index (χ3n) is 7.18. The molecule has 0 saturated heterocycles. The van der Waals surface area contributed by atoms with Gasteiger partial charge in [-0.15, -0.1) is 0 Å². The van der Waals surface area contributed by atoms with Crippen LogP contribution < -0.4 is 5.32 Å². The SMILES string of the molecule is CCCCC/C=C\C/C=C\C/C=C\CCCCCCCCC(=O)NC(COP(=O)(O)OCC(O)COC(=O)CCCCCC)C(=O)O. The average molecular weight is 688 g/mol. The maximum atomic E-state index is 12.2. The summed E-state index contributed by atoms with van der Waals surface area (Å²) in [4.78, 5) is 45.2. The van der Waals surface area contributed by atoms with Crippen LogP contribution in [0.15, 0.2) is 36.5 Å². The molecule has 0 aromatic rings. The summed E-state index contributed by atoms with van der Waals surface area (Å²) >= 11 is 0. The Morgan fingerprint density at radius 1 is 0.681 bits per heavy atom. The van der Waals surface area contributed by atoms with E-state index in [0.717, 1.165) is 70.6 Å². The summed E-state index contributed by atoms with van der Waals surface area (Å²) in [6, 6.07) is -1.55. The van der Waals surface area contributed by atoms with Gasteiger partial charge in [-0.3, -0.25) is 18.6 Å². The van der Waals surface area contributed by atoms with Crippen LogP contribution in [-0.2, 0) is 32.7 Å². The Balaban J connectivity index is 3.99. The van der Waals surface area contributed by atoms with Crippen LogP contribution in [0, 0.1) is 0 Å². The minimum atomic E-state index is -4.74. The van der Waals surface area contributed by atoms with Gasteiger partial charge in [0.05, 0.1) is 13.2 Å². The first-order chi connectivity index (χ1) is 22.6. The highest BCUT2D eigenvalue weighted by Crippen LogP contribution is 2.43. The summed E-state index contributed by atoms with van der Waals surface area (Å²) in [7, 11) is -4.74. The van der Waals surface area contributed by atoms with Crippen molar-refractivity contribution in [1.82, 2.24) is 5.32 Å². The molecule has 0 aromatic carbocycles. The highest BCUT2D eigenvalue weighted by Gasteiger charge is 2.28. The van der Waals surface area contributed by atoms with Crippen LogP contribution in [0.5, 0.6) is 0 Å². The molecule has 0 aliphatic heterocycles. The number of nitrogens with one attached hydrogen (secondary N) is 1. The number of ether oxygens (including phenoxy) is 1. The van der Waals surface area contributed by atoms with Gasteiger partial charge in [0.2, 0.25) is 5.91 Å². The second-order valence-electron chi connectivity index (χ2n) is 11.7. The van der Waals surface area contributed by atoms with Crippen molar-refractivity contribution in [2.24, 2.45) is 0 Å². The van der Waals surface area contributed by atoms with Crippen LogP contribution in [0.4, 0.5) is 0 Å². The molecule has 0 aliphatic rings. The van der Waals surface area contributed by atoms with Gasteiger partial charge >= 0.3 is 19.8 Å². The van der Waals surface area contributed by atoms with Gasteiger partial charge in [0.15, 0.2) is 6.04 Å². The van der Waals surface area contributed by atoms with Crippen molar-refractivity contribution in [2.45, 2.75) is 148 Å². The molecule has 0 heterocycles. The van der Waals surface area contributed by atoms with Crippen LogP contribution in [0.25, 0.3) is 0 Å². The smallest absolute Gasteiger partial charge is 0.472 e. The van der Waals surface area contributed by atoms with Gasteiger partial charge < -0.3 is 25.2 Å². The van der Waals surface area contributed by atoms with Crippen molar-refractivity contribution in [3.05, 3.63) is 36.5 Å². The summed E-state index contributed by atoms with van der Waals surface area (Å²) in [5, 5.41) is 21.5. The van der Waals surface area contributed by atoms with Crippen LogP contribution in [-0.4, -0.2) is 64.9 Å². The minimum absolute atomic E-state index is 0.130. The zero-order valence-corrected chi connectivity index (χ0v) is 29.7. The molecule has 3 unspecified atom stereocenters. The number of hydrogen-bond acceptors (Lipinski definition) is 8. The van der Waals surface area contributed by atoms with Gasteiger partial charge in [0.1, 0.15) is 12.7 Å². The van der Waals surface area contributed by atoms with Gasteiger partial charge in [-0.1, -0.05) is 108 Å². The maximum absolute atomic E-state index is 12.2. The Labute approximate surface area is 282 Å². The van der Waals surface area contributed by atoms with Crippen molar-refractivity contribution in [3.63, 3.8) is 0 Å². The maximum Gasteiger partial charge on any atom is 0.472 e. The fourth-order valence-electron chi connectivity index (χ4n) is 4.38. The van der Waals surface area contributed by atoms with E-state index >= 15 is 0 Å². The molecule has 3 atom stereocenters. The molecule has 12 heteroatoms. The molecule has 0 spiro atoms. The summed E-state index contributed by atoms with van der Waals surface area (Å²) < 4.78 is 26.4. The lowest BCUT2D eigenvalue weighted by Crippen LogP contribution is -2.43. The van der Waals surface area contributed by atoms with E-state index in [1.807, 2.05) is 0 Å². The van der Waals surface area contributed by atoms with Crippen molar-refractivity contribution in [1.29, 1.82) is 0 Å². The molecule has 0 fully saturated rings. The highest BCUT2D eigenvalue weighted by molar-refractivity contribution is 7.47. The number of aliphatic hydroxyl groups is 1. The standard InChI is InChI=1S/C35H62NO10P/c1-3-5-7-9-10-11-12-13-14-15-16-17-18-19-20-21-22-23-24-26-33(38)36-32(35(40)41)30-46-47(42,43)45-29-31(37)28-44-34(39)27-25-8-6-4-2/h10-11,13-14,16-17,31-32,37H,3-9,12,15,18-30H2,1-2H3,(H,36,38)(H,40,41)(H,42,43)/b11-10-,14-13-,17-16-. The lowest BCUT2D eigenvalue weighted by Gasteiger charge is -2.18. The van der Waals surface area contributed by atoms with Gasteiger partial charge in [0, 0.05) is 12.8 Å². The van der Waals surface area contributed by atoms with E-state index in [1.54, 1.807) is 0 Å². The molecule has 4 N–H and O–H groups in total. The lowest BCUT2D eigenvalue weighted by molar-refractivity contribution is -0.147. The molecule has 0 saturated carbocycles. The fourth-order valence-corrected chi connectivity index (χ4v) is 5.15. The van der Waals surface area contributed by atoms with E-state index in [4.69, 9.17) is 9.26 Å². The summed E-state index contributed by atoms with van der Waals surface area (Å²) in [5.74, 6) is -2.42. The highest BCUT2D eigenvalue weighted by atomic mass is 31.2. The quantitative estimate of drug-likeness (QED) is 0.0238. The van der Waals surface area contributed by atoms with Gasteiger partial charge in [-0.2, -0.15) is 0 Å². The second-order valence-corrected chi connectivity index (χ2v) is 13.2. The predicted molar refractivity (Wildman–Crippen MR) is 185 cm³/mol. The van der Waals surface area contributed by atoms with Gasteiger partial charge in [-0.05, 0) is 51.4 Å². The van der Waals surface area contributed by atoms with E-state index < -0.39 is 57.6 Å². The Morgan fingerprint density at radius 3 is 1.79 bits per heavy atom. The number of carbonyl (C=O) groups excluding carboxylic acids is 2. The van der Waals surface area contributed by atoms with E-state index in [1.165, 1.54) is 25.7 Å². The minimum Gasteiger partial charge on any atom is -0.480 e. The number of allylic oxidation sites excluding steroid dienone is 6. The van der Waals surface area contributed by atoms with E-state index in [-0.39, 0.29) is 12.8 Å². The zero-order valence-electron chi connectivity index (χ0n) is 28.8. The summed E-state index contributed by atoms with van der Waals surface area (Å²) in [6.45, 7) is 2.37. The lowest BCUT2D eigenvalue weighted by atomic mass is 10.1. The third-order valence-corrected chi connectivity index (χ3v) is 8.13. The summed E-state index contributed by atoms with van der Waals surface area (Å²) in [5.41, 5.74) is 0. The van der Waals surface area contributed by atoms with E-state index in [2.05, 4.69) is 60.1 Å².